The molecular formula is C14H23N3. The molecule has 0 aromatic carbocycles. The number of hydrogen-bond donors (Lipinski definition) is 1. The zero-order valence-corrected chi connectivity index (χ0v) is 10.9. The van der Waals surface area contributed by atoms with Crippen molar-refractivity contribution in [1.29, 1.82) is 0 Å². The lowest BCUT2D eigenvalue weighted by atomic mass is 9.78. The van der Waals surface area contributed by atoms with Crippen LogP contribution in [0.3, 0.4) is 0 Å². The average molecular weight is 233 g/mol. The Morgan fingerprint density at radius 3 is 2.71 bits per heavy atom. The Kier molecular flexibility index (Phi) is 3.67. The Balaban J connectivity index is 2.05. The largest absolute Gasteiger partial charge is 0.371 e. The van der Waals surface area contributed by atoms with Crippen molar-refractivity contribution in [1.82, 2.24) is 4.98 Å². The number of hydrogen-bond acceptors (Lipinski definition) is 3. The average Bonchev–Trinajstić information content (AvgIpc) is 2.40. The fraction of sp³-hybridized carbons (Fsp3) is 0.643. The fourth-order valence-corrected chi connectivity index (χ4v) is 2.43. The van der Waals surface area contributed by atoms with Crippen LogP contribution in [0.4, 0.5) is 5.69 Å². The van der Waals surface area contributed by atoms with E-state index in [1.165, 1.54) is 24.9 Å². The van der Waals surface area contributed by atoms with Gasteiger partial charge in [-0.1, -0.05) is 20.3 Å². The van der Waals surface area contributed by atoms with Crippen LogP contribution in [0, 0.1) is 5.41 Å². The lowest BCUT2D eigenvalue weighted by Gasteiger charge is -2.40. The minimum Gasteiger partial charge on any atom is -0.371 e. The van der Waals surface area contributed by atoms with Crippen LogP contribution in [-0.2, 0) is 6.54 Å². The smallest absolute Gasteiger partial charge is 0.0560 e. The summed E-state index contributed by atoms with van der Waals surface area (Å²) in [4.78, 5) is 6.70. The van der Waals surface area contributed by atoms with Crippen molar-refractivity contribution < 1.29 is 0 Å². The number of pyridine rings is 1. The van der Waals surface area contributed by atoms with Crippen LogP contribution >= 0.6 is 0 Å². The van der Waals surface area contributed by atoms with Gasteiger partial charge in [0.1, 0.15) is 0 Å². The molecule has 1 fully saturated rings. The minimum absolute atomic E-state index is 0.522. The van der Waals surface area contributed by atoms with Gasteiger partial charge in [-0.2, -0.15) is 0 Å². The lowest BCUT2D eigenvalue weighted by Crippen LogP contribution is -2.38. The molecule has 0 spiro atoms. The summed E-state index contributed by atoms with van der Waals surface area (Å²) in [6.07, 6.45) is 5.71. The molecule has 2 rings (SSSR count). The van der Waals surface area contributed by atoms with Crippen molar-refractivity contribution >= 4 is 5.69 Å². The molecule has 2 N–H and O–H groups in total. The molecular weight excluding hydrogens is 210 g/mol. The zero-order chi connectivity index (χ0) is 12.3. The molecule has 17 heavy (non-hydrogen) atoms. The highest BCUT2D eigenvalue weighted by Crippen LogP contribution is 2.35. The summed E-state index contributed by atoms with van der Waals surface area (Å²) in [6.45, 7) is 7.53. The Morgan fingerprint density at radius 1 is 1.41 bits per heavy atom. The molecule has 0 bridgehead atoms. The van der Waals surface area contributed by atoms with E-state index in [-0.39, 0.29) is 0 Å². The van der Waals surface area contributed by atoms with E-state index in [0.717, 1.165) is 18.8 Å². The first kappa shape index (κ1) is 12.4. The molecule has 0 amide bonds. The minimum atomic E-state index is 0.522. The van der Waals surface area contributed by atoms with Gasteiger partial charge in [-0.05, 0) is 30.4 Å². The molecule has 1 aliphatic heterocycles. The summed E-state index contributed by atoms with van der Waals surface area (Å²) in [6, 6.07) is 4.21. The summed E-state index contributed by atoms with van der Waals surface area (Å²) < 4.78 is 0. The number of aromatic nitrogens is 1. The first-order valence-electron chi connectivity index (χ1n) is 6.57. The van der Waals surface area contributed by atoms with E-state index in [1.807, 2.05) is 6.20 Å². The number of rotatable bonds is 3. The van der Waals surface area contributed by atoms with Gasteiger partial charge >= 0.3 is 0 Å². The van der Waals surface area contributed by atoms with Gasteiger partial charge in [-0.25, -0.2) is 0 Å². The van der Waals surface area contributed by atoms with E-state index in [1.54, 1.807) is 0 Å². The molecule has 94 valence electrons. The Labute approximate surface area is 104 Å². The molecule has 3 nitrogen and oxygen atoms in total. The van der Waals surface area contributed by atoms with Crippen LogP contribution in [0.15, 0.2) is 18.3 Å². The monoisotopic (exact) mass is 233 g/mol. The van der Waals surface area contributed by atoms with Crippen molar-refractivity contribution in [3.63, 3.8) is 0 Å². The summed E-state index contributed by atoms with van der Waals surface area (Å²) >= 11 is 0. The highest BCUT2D eigenvalue weighted by Gasteiger charge is 2.28. The molecule has 0 atom stereocenters. The van der Waals surface area contributed by atoms with E-state index in [9.17, 15) is 0 Å². The van der Waals surface area contributed by atoms with Crippen LogP contribution in [0.1, 0.15) is 38.8 Å². The number of piperidine rings is 1. The van der Waals surface area contributed by atoms with Crippen LogP contribution in [0.25, 0.3) is 0 Å². The quantitative estimate of drug-likeness (QED) is 0.872. The molecule has 1 aromatic rings. The van der Waals surface area contributed by atoms with Gasteiger partial charge in [-0.15, -0.1) is 0 Å². The predicted molar refractivity (Wildman–Crippen MR) is 72.0 cm³/mol. The van der Waals surface area contributed by atoms with Crippen LogP contribution in [0.2, 0.25) is 0 Å². The van der Waals surface area contributed by atoms with Crippen molar-refractivity contribution in [3.8, 4) is 0 Å². The van der Waals surface area contributed by atoms with Gasteiger partial charge < -0.3 is 10.6 Å². The molecule has 2 heterocycles. The van der Waals surface area contributed by atoms with E-state index in [0.29, 0.717) is 12.0 Å². The summed E-state index contributed by atoms with van der Waals surface area (Å²) in [5.74, 6) is 0. The Hall–Kier alpha value is -1.09. The Morgan fingerprint density at radius 2 is 2.12 bits per heavy atom. The molecule has 0 saturated carbocycles. The first-order chi connectivity index (χ1) is 8.17. The molecule has 3 heteroatoms. The van der Waals surface area contributed by atoms with Gasteiger partial charge in [0.2, 0.25) is 0 Å². The van der Waals surface area contributed by atoms with E-state index in [4.69, 9.17) is 5.73 Å². The normalized spacial score (nSPS) is 19.4. The van der Waals surface area contributed by atoms with Crippen molar-refractivity contribution in [2.24, 2.45) is 11.1 Å². The Bertz CT molecular complexity index is 367. The third-order valence-electron chi connectivity index (χ3n) is 4.20. The third kappa shape index (κ3) is 2.78. The second-order valence-corrected chi connectivity index (χ2v) is 5.36. The summed E-state index contributed by atoms with van der Waals surface area (Å²) in [5, 5.41) is 0. The number of anilines is 1. The van der Waals surface area contributed by atoms with E-state index >= 15 is 0 Å². The van der Waals surface area contributed by atoms with Crippen LogP contribution in [-0.4, -0.2) is 18.1 Å². The maximum atomic E-state index is 5.63. The predicted octanol–water partition coefficient (Wildman–Crippen LogP) is 2.56. The summed E-state index contributed by atoms with van der Waals surface area (Å²) in [7, 11) is 0. The molecule has 0 radical (unpaired) electrons. The second kappa shape index (κ2) is 5.05. The van der Waals surface area contributed by atoms with Crippen molar-refractivity contribution in [2.45, 2.75) is 39.7 Å². The summed E-state index contributed by atoms with van der Waals surface area (Å²) in [5.41, 5.74) is 8.43. The van der Waals surface area contributed by atoms with Gasteiger partial charge in [0.05, 0.1) is 5.69 Å². The maximum absolute atomic E-state index is 5.63. The second-order valence-electron chi connectivity index (χ2n) is 5.36. The molecule has 1 saturated heterocycles. The van der Waals surface area contributed by atoms with Gasteiger partial charge in [-0.3, -0.25) is 4.98 Å². The van der Waals surface area contributed by atoms with Crippen LogP contribution in [0.5, 0.6) is 0 Å². The fourth-order valence-electron chi connectivity index (χ4n) is 2.43. The van der Waals surface area contributed by atoms with Crippen LogP contribution < -0.4 is 10.6 Å². The first-order valence-corrected chi connectivity index (χ1v) is 6.57. The molecule has 0 aliphatic carbocycles. The molecule has 1 aromatic heterocycles. The highest BCUT2D eigenvalue weighted by atomic mass is 15.1. The molecule has 0 unspecified atom stereocenters. The SMILES string of the molecule is CCC1(C)CCN(c2ccnc(CN)c2)CC1. The van der Waals surface area contributed by atoms with Gasteiger partial charge in [0, 0.05) is 31.5 Å². The molecule has 1 aliphatic rings. The van der Waals surface area contributed by atoms with E-state index in [2.05, 4.69) is 35.9 Å². The maximum Gasteiger partial charge on any atom is 0.0560 e. The number of nitrogens with zero attached hydrogens (tertiary/aromatic N) is 2. The number of nitrogens with two attached hydrogens (primary N) is 1. The van der Waals surface area contributed by atoms with Gasteiger partial charge in [0.15, 0.2) is 0 Å². The third-order valence-corrected chi connectivity index (χ3v) is 4.20. The highest BCUT2D eigenvalue weighted by molar-refractivity contribution is 5.47. The van der Waals surface area contributed by atoms with Gasteiger partial charge in [0.25, 0.3) is 0 Å². The van der Waals surface area contributed by atoms with E-state index < -0.39 is 0 Å². The topological polar surface area (TPSA) is 42.2 Å². The lowest BCUT2D eigenvalue weighted by molar-refractivity contribution is 0.238. The van der Waals surface area contributed by atoms with Crippen molar-refractivity contribution in [3.05, 3.63) is 24.0 Å². The standard InChI is InChI=1S/C14H23N3/c1-3-14(2)5-8-17(9-6-14)13-4-7-16-12(10-13)11-15/h4,7,10H,3,5-6,8-9,11,15H2,1-2H3. The van der Waals surface area contributed by atoms with Crippen molar-refractivity contribution in [2.75, 3.05) is 18.0 Å². The zero-order valence-electron chi connectivity index (χ0n) is 10.9.